The molecule has 0 aromatic rings. The Morgan fingerprint density at radius 2 is 1.44 bits per heavy atom. The maximum absolute atomic E-state index is 9.37. The molecule has 0 heterocycles. The maximum Gasteiger partial charge on any atom is 0.303 e. The fourth-order valence-electron chi connectivity index (χ4n) is 0. The van der Waals surface area contributed by atoms with Gasteiger partial charge < -0.3 is 5.11 Å². The zero-order valence-electron chi connectivity index (χ0n) is 5.89. The van der Waals surface area contributed by atoms with Crippen molar-refractivity contribution in [3.63, 3.8) is 0 Å². The Morgan fingerprint density at radius 1 is 1.33 bits per heavy atom. The molecule has 0 aromatic heterocycles. The predicted octanol–water partition coefficient (Wildman–Crippen LogP) is 2.09. The molecule has 9 heavy (non-hydrogen) atoms. The van der Waals surface area contributed by atoms with Gasteiger partial charge in [0.1, 0.15) is 0 Å². The molecule has 2 nitrogen and oxygen atoms in total. The van der Waals surface area contributed by atoms with Crippen LogP contribution in [0.3, 0.4) is 0 Å². The topological polar surface area (TPSA) is 37.3 Å². The smallest absolute Gasteiger partial charge is 0.303 e. The lowest BCUT2D eigenvalue weighted by Crippen LogP contribution is -1.86. The van der Waals surface area contributed by atoms with E-state index in [0.717, 1.165) is 0 Å². The molecule has 0 saturated heterocycles. The maximum atomic E-state index is 9.37. The zero-order valence-corrected chi connectivity index (χ0v) is 5.89. The summed E-state index contributed by atoms with van der Waals surface area (Å²) in [5.74, 6) is -0.745. The van der Waals surface area contributed by atoms with E-state index in [-0.39, 0.29) is 6.42 Å². The minimum Gasteiger partial charge on any atom is -0.481 e. The minimum atomic E-state index is -0.745. The largest absolute Gasteiger partial charge is 0.481 e. The quantitative estimate of drug-likeness (QED) is 0.552. The average Bonchev–Trinajstić information content (AvgIpc) is 1.97. The van der Waals surface area contributed by atoms with Crippen molar-refractivity contribution >= 4 is 5.97 Å². The van der Waals surface area contributed by atoms with E-state index in [0.29, 0.717) is 0 Å². The van der Waals surface area contributed by atoms with Crippen molar-refractivity contribution in [1.29, 1.82) is 0 Å². The molecule has 0 saturated carbocycles. The third-order valence-electron chi connectivity index (χ3n) is 0.302. The molecule has 1 N–H and O–H groups in total. The molecule has 0 aliphatic heterocycles. The lowest BCUT2D eigenvalue weighted by molar-refractivity contribution is -0.136. The van der Waals surface area contributed by atoms with Crippen molar-refractivity contribution < 1.29 is 9.90 Å². The summed E-state index contributed by atoms with van der Waals surface area (Å²) in [5, 5.41) is 7.72. The van der Waals surface area contributed by atoms with E-state index in [9.17, 15) is 4.79 Å². The van der Waals surface area contributed by atoms with Gasteiger partial charge in [0.05, 0.1) is 0 Å². The van der Waals surface area contributed by atoms with Crippen LogP contribution in [-0.4, -0.2) is 11.1 Å². The van der Waals surface area contributed by atoms with E-state index >= 15 is 0 Å². The van der Waals surface area contributed by atoms with E-state index in [1.165, 1.54) is 0 Å². The Kier molecular flexibility index (Phi) is 49.2. The number of rotatable bonds is 1. The molecule has 0 aliphatic rings. The molecule has 0 unspecified atom stereocenters. The van der Waals surface area contributed by atoms with Crippen LogP contribution >= 0.6 is 0 Å². The predicted molar refractivity (Wildman–Crippen MR) is 40.4 cm³/mol. The van der Waals surface area contributed by atoms with Gasteiger partial charge in [-0.25, -0.2) is 0 Å². The first kappa shape index (κ1) is 15.7. The Morgan fingerprint density at radius 3 is 1.44 bits per heavy atom. The van der Waals surface area contributed by atoms with E-state index in [4.69, 9.17) is 5.11 Å². The van der Waals surface area contributed by atoms with E-state index in [1.807, 2.05) is 0 Å². The Hall–Kier alpha value is -1.05. The number of hydrogen-bond donors (Lipinski definition) is 1. The summed E-state index contributed by atoms with van der Waals surface area (Å²) in [4.78, 5) is 9.37. The second kappa shape index (κ2) is 28.3. The summed E-state index contributed by atoms with van der Waals surface area (Å²) < 4.78 is 0. The van der Waals surface area contributed by atoms with Crippen LogP contribution in [0.25, 0.3) is 0 Å². The van der Waals surface area contributed by atoms with Crippen molar-refractivity contribution in [3.8, 4) is 0 Å². The molecule has 2 heteroatoms. The molecule has 54 valence electrons. The van der Waals surface area contributed by atoms with E-state index in [2.05, 4.69) is 26.3 Å². The second-order valence-electron chi connectivity index (χ2n) is 0.747. The highest BCUT2D eigenvalue weighted by Gasteiger charge is 1.80. The fraction of sp³-hybridized carbons (Fsp3) is 0.286. The SMILES string of the molecule is C=C.C=C.CCC(=O)O. The van der Waals surface area contributed by atoms with Crippen molar-refractivity contribution in [2.24, 2.45) is 0 Å². The summed E-state index contributed by atoms with van der Waals surface area (Å²) in [7, 11) is 0. The van der Waals surface area contributed by atoms with Crippen LogP contribution in [0.2, 0.25) is 0 Å². The molecule has 0 amide bonds. The normalized spacial score (nSPS) is 5.00. The van der Waals surface area contributed by atoms with Crippen LogP contribution in [0.15, 0.2) is 26.3 Å². The lowest BCUT2D eigenvalue weighted by Gasteiger charge is -1.71. The molecular formula is C7H14O2. The van der Waals surface area contributed by atoms with Crippen LogP contribution in [0, 0.1) is 0 Å². The molecule has 0 aliphatic carbocycles. The summed E-state index contributed by atoms with van der Waals surface area (Å²) in [6.45, 7) is 13.6. The Balaban J connectivity index is -0.0000000771. The van der Waals surface area contributed by atoms with Crippen molar-refractivity contribution in [2.45, 2.75) is 13.3 Å². The van der Waals surface area contributed by atoms with Crippen LogP contribution in [0.4, 0.5) is 0 Å². The summed E-state index contributed by atoms with van der Waals surface area (Å²) >= 11 is 0. The third kappa shape index (κ3) is 189. The van der Waals surface area contributed by atoms with Crippen LogP contribution < -0.4 is 0 Å². The Labute approximate surface area is 56.5 Å². The van der Waals surface area contributed by atoms with Gasteiger partial charge in [-0.1, -0.05) is 6.92 Å². The van der Waals surface area contributed by atoms with Gasteiger partial charge in [0.25, 0.3) is 0 Å². The molecule has 0 aromatic carbocycles. The second-order valence-corrected chi connectivity index (χ2v) is 0.747. The monoisotopic (exact) mass is 130 g/mol. The molecule has 0 rings (SSSR count). The minimum absolute atomic E-state index is 0.222. The van der Waals surface area contributed by atoms with Gasteiger partial charge in [0, 0.05) is 6.42 Å². The van der Waals surface area contributed by atoms with Gasteiger partial charge in [-0.3, -0.25) is 4.79 Å². The molecule has 0 radical (unpaired) electrons. The highest BCUT2D eigenvalue weighted by Crippen LogP contribution is 1.67. The zero-order chi connectivity index (χ0) is 8.28. The molecule has 0 spiro atoms. The van der Waals surface area contributed by atoms with E-state index in [1.54, 1.807) is 6.92 Å². The summed E-state index contributed by atoms with van der Waals surface area (Å²) in [5.41, 5.74) is 0. The highest BCUT2D eigenvalue weighted by atomic mass is 16.4. The fourth-order valence-corrected chi connectivity index (χ4v) is 0. The first-order valence-corrected chi connectivity index (χ1v) is 2.49. The lowest BCUT2D eigenvalue weighted by atomic mass is 10.5. The number of carbonyl (C=O) groups is 1. The number of hydrogen-bond acceptors (Lipinski definition) is 1. The third-order valence-corrected chi connectivity index (χ3v) is 0.302. The number of carboxylic acids is 1. The first-order chi connectivity index (χ1) is 4.27. The van der Waals surface area contributed by atoms with Crippen LogP contribution in [0.1, 0.15) is 13.3 Å². The Bertz CT molecular complexity index is 57.9. The van der Waals surface area contributed by atoms with Gasteiger partial charge in [-0.2, -0.15) is 0 Å². The number of aliphatic carboxylic acids is 1. The van der Waals surface area contributed by atoms with Crippen molar-refractivity contribution in [3.05, 3.63) is 26.3 Å². The first-order valence-electron chi connectivity index (χ1n) is 2.49. The van der Waals surface area contributed by atoms with Gasteiger partial charge >= 0.3 is 5.97 Å². The molecule has 0 atom stereocenters. The van der Waals surface area contributed by atoms with Gasteiger partial charge in [0.15, 0.2) is 0 Å². The van der Waals surface area contributed by atoms with Crippen molar-refractivity contribution in [2.75, 3.05) is 0 Å². The van der Waals surface area contributed by atoms with Crippen molar-refractivity contribution in [1.82, 2.24) is 0 Å². The highest BCUT2D eigenvalue weighted by molar-refractivity contribution is 5.66. The number of carboxylic acid groups (broad SMARTS) is 1. The van der Waals surface area contributed by atoms with Gasteiger partial charge in [0.2, 0.25) is 0 Å². The summed E-state index contributed by atoms with van der Waals surface area (Å²) in [6, 6.07) is 0. The molecule has 0 fully saturated rings. The van der Waals surface area contributed by atoms with E-state index < -0.39 is 5.97 Å². The molecular weight excluding hydrogens is 116 g/mol. The van der Waals surface area contributed by atoms with Gasteiger partial charge in [-0.15, -0.1) is 26.3 Å². The molecule has 0 bridgehead atoms. The van der Waals surface area contributed by atoms with Gasteiger partial charge in [-0.05, 0) is 0 Å². The summed E-state index contributed by atoms with van der Waals surface area (Å²) in [6.07, 6.45) is 0.222. The average molecular weight is 130 g/mol. The van der Waals surface area contributed by atoms with Crippen LogP contribution in [-0.2, 0) is 4.79 Å². The standard InChI is InChI=1S/C3H6O2.2C2H4/c1-2-3(4)5;2*1-2/h2H2,1H3,(H,4,5);2*1-2H2. The van der Waals surface area contributed by atoms with Crippen LogP contribution in [0.5, 0.6) is 0 Å².